The summed E-state index contributed by atoms with van der Waals surface area (Å²) in [6, 6.07) is 14.7. The van der Waals surface area contributed by atoms with E-state index in [-0.39, 0.29) is 19.0 Å². The summed E-state index contributed by atoms with van der Waals surface area (Å²) in [5.41, 5.74) is 1.50. The summed E-state index contributed by atoms with van der Waals surface area (Å²) in [6.45, 7) is 6.10. The average molecular weight is 439 g/mol. The van der Waals surface area contributed by atoms with Crippen LogP contribution in [0.5, 0.6) is 11.5 Å². The molecule has 3 atom stereocenters. The molecule has 1 aliphatic carbocycles. The van der Waals surface area contributed by atoms with E-state index >= 15 is 0 Å². The van der Waals surface area contributed by atoms with Crippen LogP contribution in [-0.2, 0) is 16.1 Å². The normalized spacial score (nSPS) is 20.4. The number of rotatable bonds is 11. The zero-order valence-electron chi connectivity index (χ0n) is 19.1. The third-order valence-corrected chi connectivity index (χ3v) is 6.30. The molecule has 5 nitrogen and oxygen atoms in total. The largest absolute Gasteiger partial charge is 0.494 e. The zero-order chi connectivity index (χ0) is 22.8. The summed E-state index contributed by atoms with van der Waals surface area (Å²) >= 11 is 0. The number of hydrogen-bond donors (Lipinski definition) is 0. The Hall–Kier alpha value is -2.82. The van der Waals surface area contributed by atoms with E-state index in [2.05, 4.69) is 13.8 Å². The van der Waals surface area contributed by atoms with Gasteiger partial charge in [0, 0.05) is 12.0 Å². The van der Waals surface area contributed by atoms with E-state index in [1.807, 2.05) is 24.3 Å². The molecule has 0 aromatic heterocycles. The molecule has 2 aromatic carbocycles. The van der Waals surface area contributed by atoms with Crippen LogP contribution in [0.4, 0.5) is 0 Å². The molecule has 1 aliphatic rings. The van der Waals surface area contributed by atoms with Crippen LogP contribution in [-0.4, -0.2) is 25.5 Å². The fourth-order valence-corrected chi connectivity index (χ4v) is 4.03. The summed E-state index contributed by atoms with van der Waals surface area (Å²) in [6.07, 6.45) is 5.39. The van der Waals surface area contributed by atoms with Gasteiger partial charge >= 0.3 is 5.97 Å². The number of aldehydes is 1. The maximum Gasteiger partial charge on any atom is 0.306 e. The molecule has 0 aliphatic heterocycles. The molecule has 0 amide bonds. The molecule has 0 spiro atoms. The lowest BCUT2D eigenvalue weighted by Crippen LogP contribution is -2.24. The van der Waals surface area contributed by atoms with E-state index in [0.29, 0.717) is 30.3 Å². The Labute approximate surface area is 191 Å². The molecular formula is C27H34O5. The van der Waals surface area contributed by atoms with Gasteiger partial charge in [-0.15, -0.1) is 0 Å². The zero-order valence-corrected chi connectivity index (χ0v) is 19.1. The molecule has 0 heterocycles. The fraction of sp³-hybridized carbons (Fsp3) is 0.481. The molecule has 0 N–H and O–H groups in total. The highest BCUT2D eigenvalue weighted by Gasteiger charge is 2.24. The summed E-state index contributed by atoms with van der Waals surface area (Å²) in [4.78, 5) is 22.8. The van der Waals surface area contributed by atoms with Gasteiger partial charge in [0.05, 0.1) is 13.2 Å². The van der Waals surface area contributed by atoms with Gasteiger partial charge in [-0.1, -0.05) is 44.5 Å². The van der Waals surface area contributed by atoms with E-state index in [1.54, 1.807) is 24.3 Å². The Morgan fingerprint density at radius 2 is 1.81 bits per heavy atom. The lowest BCUT2D eigenvalue weighted by atomic mass is 9.76. The number of benzene rings is 2. The standard InChI is InChI=1S/C27H34O5/c1-20-8-9-24(15-21(20)2)19-31-25-12-10-22(11-13-25)18-32-27(29)7-4-14-30-26-6-3-5-23(16-26)17-28/h3,5-6,10-13,16-17,20-21,24H,4,7-9,14-15,18-19H2,1-2H3. The maximum atomic E-state index is 12.0. The summed E-state index contributed by atoms with van der Waals surface area (Å²) in [7, 11) is 0. The van der Waals surface area contributed by atoms with Crippen LogP contribution in [0.1, 0.15) is 61.9 Å². The minimum Gasteiger partial charge on any atom is -0.494 e. The lowest BCUT2D eigenvalue weighted by Gasteiger charge is -2.31. The number of carbonyl (C=O) groups excluding carboxylic acids is 2. The molecule has 5 heteroatoms. The molecule has 1 saturated carbocycles. The predicted octanol–water partition coefficient (Wildman–Crippen LogP) is 5.85. The van der Waals surface area contributed by atoms with Crippen LogP contribution in [0, 0.1) is 17.8 Å². The number of hydrogen-bond acceptors (Lipinski definition) is 5. The maximum absolute atomic E-state index is 12.0. The average Bonchev–Trinajstić information content (AvgIpc) is 2.82. The third-order valence-electron chi connectivity index (χ3n) is 6.30. The highest BCUT2D eigenvalue weighted by atomic mass is 16.5. The van der Waals surface area contributed by atoms with Gasteiger partial charge in [0.15, 0.2) is 0 Å². The Morgan fingerprint density at radius 3 is 2.56 bits per heavy atom. The minimum absolute atomic E-state index is 0.249. The van der Waals surface area contributed by atoms with Crippen LogP contribution in [0.25, 0.3) is 0 Å². The van der Waals surface area contributed by atoms with E-state index in [0.717, 1.165) is 36.0 Å². The van der Waals surface area contributed by atoms with Crippen LogP contribution < -0.4 is 9.47 Å². The van der Waals surface area contributed by atoms with E-state index < -0.39 is 0 Å². The number of esters is 1. The second-order valence-electron chi connectivity index (χ2n) is 8.89. The van der Waals surface area contributed by atoms with Crippen molar-refractivity contribution < 1.29 is 23.8 Å². The van der Waals surface area contributed by atoms with Crippen LogP contribution >= 0.6 is 0 Å². The fourth-order valence-electron chi connectivity index (χ4n) is 4.03. The number of ether oxygens (including phenoxy) is 3. The van der Waals surface area contributed by atoms with Crippen molar-refractivity contribution in [1.82, 2.24) is 0 Å². The van der Waals surface area contributed by atoms with Gasteiger partial charge in [0.1, 0.15) is 24.4 Å². The first kappa shape index (κ1) is 23.8. The molecule has 172 valence electrons. The minimum atomic E-state index is -0.254. The van der Waals surface area contributed by atoms with Crippen molar-refractivity contribution in [2.75, 3.05) is 13.2 Å². The molecule has 3 unspecified atom stereocenters. The van der Waals surface area contributed by atoms with E-state index in [9.17, 15) is 9.59 Å². The van der Waals surface area contributed by atoms with Gasteiger partial charge in [0.2, 0.25) is 0 Å². The summed E-state index contributed by atoms with van der Waals surface area (Å²) < 4.78 is 16.9. The summed E-state index contributed by atoms with van der Waals surface area (Å²) in [5.74, 6) is 3.46. The lowest BCUT2D eigenvalue weighted by molar-refractivity contribution is -0.145. The van der Waals surface area contributed by atoms with Crippen molar-refractivity contribution in [2.45, 2.75) is 52.6 Å². The first-order chi connectivity index (χ1) is 15.5. The predicted molar refractivity (Wildman–Crippen MR) is 124 cm³/mol. The quantitative estimate of drug-likeness (QED) is 0.250. The number of carbonyl (C=O) groups is 2. The van der Waals surface area contributed by atoms with Gasteiger partial charge in [-0.3, -0.25) is 9.59 Å². The van der Waals surface area contributed by atoms with Gasteiger partial charge in [-0.2, -0.15) is 0 Å². The molecular weight excluding hydrogens is 404 g/mol. The first-order valence-electron chi connectivity index (χ1n) is 11.6. The van der Waals surface area contributed by atoms with Crippen molar-refractivity contribution in [1.29, 1.82) is 0 Å². The van der Waals surface area contributed by atoms with E-state index in [4.69, 9.17) is 14.2 Å². The van der Waals surface area contributed by atoms with Gasteiger partial charge in [-0.25, -0.2) is 0 Å². The SMILES string of the molecule is CC1CCC(COc2ccc(COC(=O)CCCOc3cccc(C=O)c3)cc2)CC1C. The molecule has 0 saturated heterocycles. The van der Waals surface area contributed by atoms with Crippen molar-refractivity contribution in [2.24, 2.45) is 17.8 Å². The van der Waals surface area contributed by atoms with Crippen molar-refractivity contribution in [3.63, 3.8) is 0 Å². The van der Waals surface area contributed by atoms with Crippen LogP contribution in [0.15, 0.2) is 48.5 Å². The highest BCUT2D eigenvalue weighted by molar-refractivity contribution is 5.75. The Bertz CT molecular complexity index is 861. The van der Waals surface area contributed by atoms with Crippen molar-refractivity contribution in [3.8, 4) is 11.5 Å². The van der Waals surface area contributed by atoms with Crippen molar-refractivity contribution >= 4 is 12.3 Å². The Morgan fingerprint density at radius 1 is 1.00 bits per heavy atom. The Kier molecular flexibility index (Phi) is 9.14. The topological polar surface area (TPSA) is 61.8 Å². The second-order valence-corrected chi connectivity index (χ2v) is 8.89. The molecule has 2 aromatic rings. The highest BCUT2D eigenvalue weighted by Crippen LogP contribution is 2.33. The van der Waals surface area contributed by atoms with E-state index in [1.165, 1.54) is 19.3 Å². The molecule has 1 fully saturated rings. The first-order valence-corrected chi connectivity index (χ1v) is 11.6. The molecule has 3 rings (SSSR count). The van der Waals surface area contributed by atoms with Crippen LogP contribution in [0.3, 0.4) is 0 Å². The smallest absolute Gasteiger partial charge is 0.306 e. The molecule has 0 radical (unpaired) electrons. The molecule has 32 heavy (non-hydrogen) atoms. The van der Waals surface area contributed by atoms with Gasteiger partial charge < -0.3 is 14.2 Å². The Balaban J connectivity index is 1.30. The third kappa shape index (κ3) is 7.70. The van der Waals surface area contributed by atoms with Gasteiger partial charge in [-0.05, 0) is 66.8 Å². The second kappa shape index (κ2) is 12.3. The van der Waals surface area contributed by atoms with Crippen LogP contribution in [0.2, 0.25) is 0 Å². The monoisotopic (exact) mass is 438 g/mol. The van der Waals surface area contributed by atoms with Gasteiger partial charge in [0.25, 0.3) is 0 Å². The summed E-state index contributed by atoms with van der Waals surface area (Å²) in [5, 5.41) is 0. The molecule has 0 bridgehead atoms. The van der Waals surface area contributed by atoms with Crippen molar-refractivity contribution in [3.05, 3.63) is 59.7 Å².